The summed E-state index contributed by atoms with van der Waals surface area (Å²) in [6.07, 6.45) is 2.22. The van der Waals surface area contributed by atoms with E-state index in [0.717, 1.165) is 60.3 Å². The minimum atomic E-state index is 0.187. The van der Waals surface area contributed by atoms with Crippen molar-refractivity contribution in [3.8, 4) is 22.7 Å². The summed E-state index contributed by atoms with van der Waals surface area (Å²) in [7, 11) is 0. The molecule has 33 heavy (non-hydrogen) atoms. The van der Waals surface area contributed by atoms with Crippen molar-refractivity contribution in [3.63, 3.8) is 0 Å². The minimum Gasteiger partial charge on any atom is -0.494 e. The first-order chi connectivity index (χ1) is 16.3. The van der Waals surface area contributed by atoms with E-state index in [-0.39, 0.29) is 5.25 Å². The van der Waals surface area contributed by atoms with Gasteiger partial charge in [0.05, 0.1) is 23.2 Å². The van der Waals surface area contributed by atoms with E-state index in [9.17, 15) is 0 Å². The maximum Gasteiger partial charge on any atom is 0.135 e. The maximum absolute atomic E-state index is 5.90. The van der Waals surface area contributed by atoms with Crippen molar-refractivity contribution >= 4 is 17.6 Å². The highest BCUT2D eigenvalue weighted by atomic mass is 32.2. The van der Waals surface area contributed by atoms with Gasteiger partial charge in [-0.05, 0) is 36.2 Å². The molecule has 0 saturated carbocycles. The molecule has 5 heteroatoms. The molecule has 1 aliphatic rings. The van der Waals surface area contributed by atoms with Gasteiger partial charge in [0.1, 0.15) is 11.6 Å². The Labute approximate surface area is 200 Å². The zero-order valence-corrected chi connectivity index (χ0v) is 19.7. The third-order valence-electron chi connectivity index (χ3n) is 5.86. The molecule has 1 aliphatic heterocycles. The van der Waals surface area contributed by atoms with Crippen molar-refractivity contribution in [1.82, 2.24) is 9.78 Å². The SMILES string of the molecule is CCCCOc1ccc(C2SCCNc3c2c(-c2ccccc2)nn3-c2ccccc2)cc1. The number of hydrogen-bond acceptors (Lipinski definition) is 4. The lowest BCUT2D eigenvalue weighted by Crippen LogP contribution is -2.08. The van der Waals surface area contributed by atoms with Crippen LogP contribution >= 0.6 is 11.8 Å². The molecule has 2 heterocycles. The van der Waals surface area contributed by atoms with Crippen LogP contribution in [-0.4, -0.2) is 28.7 Å². The maximum atomic E-state index is 5.90. The first-order valence-electron chi connectivity index (χ1n) is 11.7. The molecular formula is C28H29N3OS. The van der Waals surface area contributed by atoms with E-state index in [0.29, 0.717) is 0 Å². The summed E-state index contributed by atoms with van der Waals surface area (Å²) in [4.78, 5) is 0. The Balaban J connectivity index is 1.60. The Kier molecular flexibility index (Phi) is 6.68. The number of ether oxygens (including phenoxy) is 1. The Morgan fingerprint density at radius 2 is 1.70 bits per heavy atom. The summed E-state index contributed by atoms with van der Waals surface area (Å²) >= 11 is 1.97. The summed E-state index contributed by atoms with van der Waals surface area (Å²) < 4.78 is 7.97. The predicted molar refractivity (Wildman–Crippen MR) is 139 cm³/mol. The third kappa shape index (κ3) is 4.64. The molecule has 0 saturated heterocycles. The molecule has 1 atom stereocenters. The number of fused-ring (bicyclic) bond motifs is 1. The van der Waals surface area contributed by atoms with Gasteiger partial charge >= 0.3 is 0 Å². The van der Waals surface area contributed by atoms with Crippen LogP contribution in [0.15, 0.2) is 84.9 Å². The number of aromatic nitrogens is 2. The van der Waals surface area contributed by atoms with Crippen molar-refractivity contribution in [2.45, 2.75) is 25.0 Å². The largest absolute Gasteiger partial charge is 0.494 e. The molecule has 4 nitrogen and oxygen atoms in total. The van der Waals surface area contributed by atoms with Crippen molar-refractivity contribution in [3.05, 3.63) is 96.1 Å². The molecule has 0 fully saturated rings. The number of anilines is 1. The van der Waals surface area contributed by atoms with Crippen molar-refractivity contribution in [2.75, 3.05) is 24.2 Å². The van der Waals surface area contributed by atoms with Gasteiger partial charge in [0.25, 0.3) is 0 Å². The van der Waals surface area contributed by atoms with Crippen LogP contribution in [0.25, 0.3) is 16.9 Å². The molecule has 0 aliphatic carbocycles. The molecule has 168 valence electrons. The number of hydrogen-bond donors (Lipinski definition) is 1. The number of unbranched alkanes of at least 4 members (excludes halogenated alkanes) is 1. The topological polar surface area (TPSA) is 39.1 Å². The summed E-state index contributed by atoms with van der Waals surface area (Å²) in [6.45, 7) is 3.85. The molecular weight excluding hydrogens is 426 g/mol. The lowest BCUT2D eigenvalue weighted by atomic mass is 10.00. The summed E-state index contributed by atoms with van der Waals surface area (Å²) in [5.41, 5.74) is 5.75. The van der Waals surface area contributed by atoms with Gasteiger partial charge in [-0.1, -0.05) is 74.0 Å². The van der Waals surface area contributed by atoms with Gasteiger partial charge in [-0.3, -0.25) is 0 Å². The Morgan fingerprint density at radius 3 is 2.42 bits per heavy atom. The van der Waals surface area contributed by atoms with Gasteiger partial charge in [0, 0.05) is 23.4 Å². The average molecular weight is 456 g/mol. The first kappa shape index (κ1) is 21.7. The molecule has 3 aromatic carbocycles. The standard InChI is InChI=1S/C28H29N3OS/c1-2-3-19-32-24-16-14-22(15-17-24)27-25-26(21-10-6-4-7-11-21)30-31(23-12-8-5-9-13-23)28(25)29-18-20-33-27/h4-17,27,29H,2-3,18-20H2,1H3. The molecule has 1 N–H and O–H groups in total. The van der Waals surface area contributed by atoms with Crippen molar-refractivity contribution in [2.24, 2.45) is 0 Å². The third-order valence-corrected chi connectivity index (χ3v) is 7.14. The molecule has 0 spiro atoms. The van der Waals surface area contributed by atoms with E-state index in [2.05, 4.69) is 95.8 Å². The summed E-state index contributed by atoms with van der Waals surface area (Å²) in [5, 5.41) is 9.00. The highest BCUT2D eigenvalue weighted by Crippen LogP contribution is 2.46. The monoisotopic (exact) mass is 455 g/mol. The summed E-state index contributed by atoms with van der Waals surface area (Å²) in [6, 6.07) is 29.5. The molecule has 1 unspecified atom stereocenters. The van der Waals surface area contributed by atoms with Crippen LogP contribution < -0.4 is 10.1 Å². The zero-order chi connectivity index (χ0) is 22.5. The number of rotatable bonds is 7. The quantitative estimate of drug-likeness (QED) is 0.306. The second-order valence-corrected chi connectivity index (χ2v) is 9.39. The highest BCUT2D eigenvalue weighted by molar-refractivity contribution is 7.99. The average Bonchev–Trinajstić information content (AvgIpc) is 3.11. The zero-order valence-electron chi connectivity index (χ0n) is 18.9. The molecule has 0 amide bonds. The van der Waals surface area contributed by atoms with E-state index in [1.165, 1.54) is 11.1 Å². The molecule has 4 aromatic rings. The predicted octanol–water partition coefficient (Wildman–Crippen LogP) is 6.97. The Bertz CT molecular complexity index is 1170. The summed E-state index contributed by atoms with van der Waals surface area (Å²) in [5.74, 6) is 3.04. The van der Waals surface area contributed by atoms with Crippen LogP contribution in [0.1, 0.15) is 36.1 Å². The lowest BCUT2D eigenvalue weighted by Gasteiger charge is -2.17. The van der Waals surface area contributed by atoms with Crippen LogP contribution in [0, 0.1) is 0 Å². The fraction of sp³-hybridized carbons (Fsp3) is 0.250. The number of benzene rings is 3. The van der Waals surface area contributed by atoms with Crippen LogP contribution in [-0.2, 0) is 0 Å². The van der Waals surface area contributed by atoms with Crippen LogP contribution in [0.2, 0.25) is 0 Å². The van der Waals surface area contributed by atoms with Crippen molar-refractivity contribution < 1.29 is 4.74 Å². The molecule has 0 bridgehead atoms. The lowest BCUT2D eigenvalue weighted by molar-refractivity contribution is 0.309. The Morgan fingerprint density at radius 1 is 0.970 bits per heavy atom. The van der Waals surface area contributed by atoms with E-state index in [1.807, 2.05) is 17.8 Å². The fourth-order valence-electron chi connectivity index (χ4n) is 4.18. The number of nitrogens with one attached hydrogen (secondary N) is 1. The van der Waals surface area contributed by atoms with Gasteiger partial charge in [-0.2, -0.15) is 5.10 Å². The van der Waals surface area contributed by atoms with Crippen LogP contribution in [0.5, 0.6) is 5.75 Å². The molecule has 5 rings (SSSR count). The number of thioether (sulfide) groups is 1. The van der Waals surface area contributed by atoms with E-state index in [1.54, 1.807) is 0 Å². The van der Waals surface area contributed by atoms with E-state index < -0.39 is 0 Å². The van der Waals surface area contributed by atoms with Gasteiger partial charge < -0.3 is 10.1 Å². The van der Waals surface area contributed by atoms with Crippen molar-refractivity contribution in [1.29, 1.82) is 0 Å². The van der Waals surface area contributed by atoms with E-state index in [4.69, 9.17) is 9.84 Å². The smallest absolute Gasteiger partial charge is 0.135 e. The van der Waals surface area contributed by atoms with Crippen LogP contribution in [0.4, 0.5) is 5.82 Å². The molecule has 1 aromatic heterocycles. The second-order valence-electron chi connectivity index (χ2n) is 8.17. The Hall–Kier alpha value is -3.18. The number of para-hydroxylation sites is 1. The molecule has 0 radical (unpaired) electrons. The minimum absolute atomic E-state index is 0.187. The van der Waals surface area contributed by atoms with Gasteiger partial charge in [-0.25, -0.2) is 4.68 Å². The normalized spacial score (nSPS) is 15.4. The van der Waals surface area contributed by atoms with E-state index >= 15 is 0 Å². The second kappa shape index (κ2) is 10.2. The van der Waals surface area contributed by atoms with Gasteiger partial charge in [0.15, 0.2) is 0 Å². The highest BCUT2D eigenvalue weighted by Gasteiger charge is 2.30. The first-order valence-corrected chi connectivity index (χ1v) is 12.7. The van der Waals surface area contributed by atoms with Gasteiger partial charge in [-0.15, -0.1) is 11.8 Å². The fourth-order valence-corrected chi connectivity index (χ4v) is 5.37. The van der Waals surface area contributed by atoms with Gasteiger partial charge in [0.2, 0.25) is 0 Å². The number of nitrogens with zero attached hydrogens (tertiary/aromatic N) is 2. The van der Waals surface area contributed by atoms with Crippen LogP contribution in [0.3, 0.4) is 0 Å².